The van der Waals surface area contributed by atoms with Gasteiger partial charge in [-0.25, -0.2) is 9.78 Å². The zero-order valence-electron chi connectivity index (χ0n) is 12.4. The van der Waals surface area contributed by atoms with Crippen LogP contribution in [0.4, 0.5) is 0 Å². The summed E-state index contributed by atoms with van der Waals surface area (Å²) in [5, 5.41) is 16.0. The smallest absolute Gasteiger partial charge is 0.303 e. The Kier molecular flexibility index (Phi) is 43.5. The van der Waals surface area contributed by atoms with Gasteiger partial charge >= 0.3 is 5.97 Å². The van der Waals surface area contributed by atoms with E-state index in [4.69, 9.17) is 26.7 Å². The van der Waals surface area contributed by atoms with Crippen molar-refractivity contribution in [2.45, 2.75) is 60.3 Å². The molecule has 2 N–H and O–H groups in total. The summed E-state index contributed by atoms with van der Waals surface area (Å²) in [6, 6.07) is 0. The summed E-state index contributed by atoms with van der Waals surface area (Å²) in [4.78, 5) is 19.1. The van der Waals surface area contributed by atoms with E-state index in [1.165, 1.54) is 12.8 Å². The van der Waals surface area contributed by atoms with Crippen LogP contribution in [0.1, 0.15) is 60.3 Å². The molecule has 20 heavy (non-hydrogen) atoms. The fourth-order valence-electron chi connectivity index (χ4n) is 0.784. The number of carboxylic acids is 1. The summed E-state index contributed by atoms with van der Waals surface area (Å²) in [6.07, 6.45) is 3.99. The van der Waals surface area contributed by atoms with Gasteiger partial charge in [-0.3, -0.25) is 4.79 Å². The summed E-state index contributed by atoms with van der Waals surface area (Å²) >= 11 is 5.00. The Balaban J connectivity index is -0.000000105. The van der Waals surface area contributed by atoms with Gasteiger partial charge in [0.25, 0.3) is 0 Å². The van der Waals surface area contributed by atoms with Crippen molar-refractivity contribution in [3.63, 3.8) is 0 Å². The Morgan fingerprint density at radius 1 is 1.10 bits per heavy atom. The van der Waals surface area contributed by atoms with Gasteiger partial charge in [0.1, 0.15) is 0 Å². The topological polar surface area (TPSA) is 76.0 Å². The molecule has 0 saturated carbocycles. The molecule has 0 heterocycles. The lowest BCUT2D eigenvalue weighted by Crippen LogP contribution is -1.95. The van der Waals surface area contributed by atoms with Crippen LogP contribution in [0.25, 0.3) is 0 Å². The molecule has 0 fully saturated rings. The second-order valence-electron chi connectivity index (χ2n) is 3.42. The highest BCUT2D eigenvalue weighted by molar-refractivity contribution is 6.17. The van der Waals surface area contributed by atoms with E-state index < -0.39 is 5.97 Å². The lowest BCUT2D eigenvalue weighted by molar-refractivity contribution is -0.291. The first kappa shape index (κ1) is 27.9. The van der Waals surface area contributed by atoms with Crippen molar-refractivity contribution in [1.82, 2.24) is 0 Å². The van der Waals surface area contributed by atoms with Crippen molar-refractivity contribution in [3.05, 3.63) is 0 Å². The van der Waals surface area contributed by atoms with Gasteiger partial charge in [-0.1, -0.05) is 34.1 Å². The zero-order chi connectivity index (χ0) is 15.4. The Bertz CT molecular complexity index is 150. The number of unbranched alkanes of at least 4 members (excludes halogenated alkanes) is 2. The molecule has 0 spiro atoms. The van der Waals surface area contributed by atoms with Crippen molar-refractivity contribution in [3.8, 4) is 0 Å². The van der Waals surface area contributed by atoms with Crippen LogP contribution < -0.4 is 0 Å². The first-order chi connectivity index (χ1) is 9.10. The molecule has 0 unspecified atom stereocenters. The number of carboxylic acid groups (broad SMARTS) is 1. The second kappa shape index (κ2) is 31.2. The van der Waals surface area contributed by atoms with E-state index in [0.717, 1.165) is 18.9 Å². The molecule has 0 atom stereocenters. The van der Waals surface area contributed by atoms with E-state index in [9.17, 15) is 4.79 Å². The number of hydrogen-bond donors (Lipinski definition) is 2. The van der Waals surface area contributed by atoms with E-state index >= 15 is 0 Å². The summed E-state index contributed by atoms with van der Waals surface area (Å²) in [7, 11) is 0. The molecule has 0 aliphatic rings. The number of rotatable bonds is 9. The largest absolute Gasteiger partial charge is 0.481 e. The van der Waals surface area contributed by atoms with Crippen molar-refractivity contribution < 1.29 is 24.8 Å². The third kappa shape index (κ3) is 52.6. The lowest BCUT2D eigenvalue weighted by Gasteiger charge is -1.98. The number of aliphatic hydroxyl groups excluding tert-OH is 1. The quantitative estimate of drug-likeness (QED) is 0.292. The van der Waals surface area contributed by atoms with E-state index in [0.29, 0.717) is 13.0 Å². The van der Waals surface area contributed by atoms with E-state index in [1.54, 1.807) is 0 Å². The maximum atomic E-state index is 9.65. The van der Waals surface area contributed by atoms with Crippen LogP contribution in [0, 0.1) is 0 Å². The Morgan fingerprint density at radius 2 is 1.65 bits per heavy atom. The predicted octanol–water partition coefficient (Wildman–Crippen LogP) is 3.87. The van der Waals surface area contributed by atoms with Crippen LogP contribution in [-0.2, 0) is 14.6 Å². The average Bonchev–Trinajstić information content (AvgIpc) is 2.38. The van der Waals surface area contributed by atoms with Crippen LogP contribution >= 0.6 is 11.6 Å². The number of alkyl halides is 1. The summed E-state index contributed by atoms with van der Waals surface area (Å²) in [5.41, 5.74) is 0. The third-order valence-electron chi connectivity index (χ3n) is 1.58. The van der Waals surface area contributed by atoms with Crippen molar-refractivity contribution >= 4 is 17.6 Å². The minimum atomic E-state index is -0.853. The molecule has 0 rings (SSSR count). The zero-order valence-corrected chi connectivity index (χ0v) is 13.1. The normalized spacial score (nSPS) is 8.45. The minimum Gasteiger partial charge on any atom is -0.481 e. The van der Waals surface area contributed by atoms with Gasteiger partial charge in [0.05, 0.1) is 13.2 Å². The van der Waals surface area contributed by atoms with Crippen LogP contribution in [0.5, 0.6) is 0 Å². The molecular weight excluding hydrogens is 284 g/mol. The first-order valence-electron chi connectivity index (χ1n) is 6.73. The number of aliphatic carboxylic acids is 1. The SMILES string of the molecule is C.CCCCCOOCC.CCCl.O=C(O)CCCO. The number of aliphatic hydroxyl groups is 1. The van der Waals surface area contributed by atoms with Gasteiger partial charge in [0, 0.05) is 18.9 Å². The molecule has 0 bridgehead atoms. The highest BCUT2D eigenvalue weighted by Crippen LogP contribution is 1.93. The van der Waals surface area contributed by atoms with E-state index in [-0.39, 0.29) is 20.5 Å². The fourth-order valence-corrected chi connectivity index (χ4v) is 0.784. The molecule has 0 aromatic heterocycles. The Morgan fingerprint density at radius 3 is 1.95 bits per heavy atom. The molecular formula is C14H33ClO5. The fraction of sp³-hybridized carbons (Fsp3) is 0.929. The maximum absolute atomic E-state index is 9.65. The third-order valence-corrected chi connectivity index (χ3v) is 1.58. The van der Waals surface area contributed by atoms with Crippen molar-refractivity contribution in [1.29, 1.82) is 0 Å². The van der Waals surface area contributed by atoms with Crippen LogP contribution in [0.2, 0.25) is 0 Å². The van der Waals surface area contributed by atoms with Crippen molar-refractivity contribution in [2.75, 3.05) is 25.7 Å². The summed E-state index contributed by atoms with van der Waals surface area (Å²) < 4.78 is 0. The number of hydrogen-bond acceptors (Lipinski definition) is 4. The van der Waals surface area contributed by atoms with E-state index in [1.807, 2.05) is 13.8 Å². The summed E-state index contributed by atoms with van der Waals surface area (Å²) in [5.74, 6) is -0.131. The molecule has 0 saturated heterocycles. The second-order valence-corrected chi connectivity index (χ2v) is 3.96. The van der Waals surface area contributed by atoms with Gasteiger partial charge in [-0.2, -0.15) is 0 Å². The number of carbonyl (C=O) groups is 1. The minimum absolute atomic E-state index is 0. The van der Waals surface area contributed by atoms with E-state index in [2.05, 4.69) is 11.8 Å². The average molecular weight is 317 g/mol. The van der Waals surface area contributed by atoms with Gasteiger partial charge in [-0.15, -0.1) is 11.6 Å². The molecule has 6 heteroatoms. The summed E-state index contributed by atoms with van der Waals surface area (Å²) in [6.45, 7) is 7.32. The molecule has 0 aliphatic heterocycles. The molecule has 126 valence electrons. The van der Waals surface area contributed by atoms with Gasteiger partial charge < -0.3 is 10.2 Å². The van der Waals surface area contributed by atoms with Gasteiger partial charge in [-0.05, 0) is 19.8 Å². The molecule has 0 aromatic rings. The monoisotopic (exact) mass is 316 g/mol. The predicted molar refractivity (Wildman–Crippen MR) is 84.2 cm³/mol. The standard InChI is InChI=1S/C7H16O2.C4H8O3.C2H5Cl.CH4/c1-3-5-6-7-9-8-4-2;5-3-1-2-4(6)7;1-2-3;/h3-7H2,1-2H3;5H,1-3H2,(H,6,7);2H2,1H3;1H4. The van der Waals surface area contributed by atoms with Crippen LogP contribution in [0.15, 0.2) is 0 Å². The number of halogens is 1. The van der Waals surface area contributed by atoms with Crippen LogP contribution in [-0.4, -0.2) is 41.9 Å². The van der Waals surface area contributed by atoms with Gasteiger partial charge in [0.2, 0.25) is 0 Å². The molecule has 5 nitrogen and oxygen atoms in total. The van der Waals surface area contributed by atoms with Crippen molar-refractivity contribution in [2.24, 2.45) is 0 Å². The highest BCUT2D eigenvalue weighted by Gasteiger charge is 1.91. The Labute approximate surface area is 129 Å². The molecule has 0 aromatic carbocycles. The lowest BCUT2D eigenvalue weighted by atomic mass is 10.3. The highest BCUT2D eigenvalue weighted by atomic mass is 35.5. The Hall–Kier alpha value is -0.360. The van der Waals surface area contributed by atoms with Gasteiger partial charge in [0.15, 0.2) is 0 Å². The molecule has 0 aliphatic carbocycles. The first-order valence-corrected chi connectivity index (χ1v) is 7.26. The van der Waals surface area contributed by atoms with Crippen LogP contribution in [0.3, 0.4) is 0 Å². The molecule has 0 amide bonds. The maximum Gasteiger partial charge on any atom is 0.303 e. The molecule has 0 radical (unpaired) electrons.